The second kappa shape index (κ2) is 5.87. The lowest BCUT2D eigenvalue weighted by Gasteiger charge is -2.10. The molecule has 126 valence electrons. The summed E-state index contributed by atoms with van der Waals surface area (Å²) in [7, 11) is 0. The van der Waals surface area contributed by atoms with E-state index in [-0.39, 0.29) is 0 Å². The Morgan fingerprint density at radius 1 is 0.885 bits per heavy atom. The summed E-state index contributed by atoms with van der Waals surface area (Å²) in [6.45, 7) is 0. The molecule has 3 aromatic heterocycles. The number of hydrogen-bond acceptors (Lipinski definition) is 3. The van der Waals surface area contributed by atoms with Gasteiger partial charge in [0.15, 0.2) is 11.6 Å². The van der Waals surface area contributed by atoms with Crippen molar-refractivity contribution in [3.8, 4) is 17.3 Å². The molecule has 3 heterocycles. The molecule has 0 spiro atoms. The van der Waals surface area contributed by atoms with Gasteiger partial charge < -0.3 is 4.42 Å². The minimum atomic E-state index is 0.481. The summed E-state index contributed by atoms with van der Waals surface area (Å²) in [5, 5.41) is 1.99. The van der Waals surface area contributed by atoms with Gasteiger partial charge in [0, 0.05) is 11.1 Å². The van der Waals surface area contributed by atoms with Gasteiger partial charge in [0.05, 0.1) is 33.5 Å². The predicted octanol–water partition coefficient (Wildman–Crippen LogP) is 6.14. The third-order valence-electron chi connectivity index (χ3n) is 4.29. The maximum atomic E-state index is 6.28. The second-order valence-corrected chi connectivity index (χ2v) is 6.67. The minimum Gasteiger partial charge on any atom is -0.461 e. The number of furan rings is 1. The first-order valence-corrected chi connectivity index (χ1v) is 8.73. The zero-order valence-electron chi connectivity index (χ0n) is 13.4. The van der Waals surface area contributed by atoms with Crippen LogP contribution in [0.15, 0.2) is 71.5 Å². The summed E-state index contributed by atoms with van der Waals surface area (Å²) >= 11 is 12.4. The SMILES string of the molecule is Clc1ccc(-n2c(-c3ccco3)nc3cnc4ccccc4c32)cc1Cl. The third kappa shape index (κ3) is 2.30. The molecule has 5 rings (SSSR count). The molecule has 0 atom stereocenters. The fourth-order valence-corrected chi connectivity index (χ4v) is 3.44. The fraction of sp³-hybridized carbons (Fsp3) is 0. The van der Waals surface area contributed by atoms with E-state index in [2.05, 4.69) is 4.98 Å². The highest BCUT2D eigenvalue weighted by Crippen LogP contribution is 2.34. The average molecular weight is 380 g/mol. The Labute approximate surface area is 158 Å². The van der Waals surface area contributed by atoms with Crippen molar-refractivity contribution in [3.05, 3.63) is 77.1 Å². The molecule has 26 heavy (non-hydrogen) atoms. The first-order valence-electron chi connectivity index (χ1n) is 7.98. The van der Waals surface area contributed by atoms with E-state index in [0.29, 0.717) is 21.6 Å². The molecule has 0 saturated carbocycles. The average Bonchev–Trinajstić information content (AvgIpc) is 3.31. The van der Waals surface area contributed by atoms with Crippen molar-refractivity contribution >= 4 is 45.1 Å². The largest absolute Gasteiger partial charge is 0.461 e. The van der Waals surface area contributed by atoms with Crippen LogP contribution in [0.3, 0.4) is 0 Å². The number of fused-ring (bicyclic) bond motifs is 3. The monoisotopic (exact) mass is 379 g/mol. The van der Waals surface area contributed by atoms with E-state index in [4.69, 9.17) is 32.6 Å². The Morgan fingerprint density at radius 2 is 1.77 bits per heavy atom. The van der Waals surface area contributed by atoms with E-state index in [9.17, 15) is 0 Å². The van der Waals surface area contributed by atoms with Crippen molar-refractivity contribution in [3.63, 3.8) is 0 Å². The molecule has 0 bridgehead atoms. The standard InChI is InChI=1S/C20H11Cl2N3O/c21-14-8-7-12(10-15(14)22)25-19-13-4-1-2-5-16(13)23-11-17(19)24-20(25)18-6-3-9-26-18/h1-11H. The molecule has 0 aliphatic heterocycles. The highest BCUT2D eigenvalue weighted by atomic mass is 35.5. The molecular formula is C20H11Cl2N3O. The predicted molar refractivity (Wildman–Crippen MR) is 104 cm³/mol. The summed E-state index contributed by atoms with van der Waals surface area (Å²) in [5.41, 5.74) is 3.47. The van der Waals surface area contributed by atoms with Gasteiger partial charge in [0.25, 0.3) is 0 Å². The normalized spacial score (nSPS) is 11.5. The van der Waals surface area contributed by atoms with Gasteiger partial charge in [-0.05, 0) is 36.4 Å². The van der Waals surface area contributed by atoms with Gasteiger partial charge in [-0.15, -0.1) is 0 Å². The van der Waals surface area contributed by atoms with Crippen molar-refractivity contribution < 1.29 is 4.42 Å². The number of halogens is 2. The first kappa shape index (κ1) is 15.4. The number of aromatic nitrogens is 3. The molecule has 0 aliphatic carbocycles. The Morgan fingerprint density at radius 3 is 2.58 bits per heavy atom. The van der Waals surface area contributed by atoms with Crippen LogP contribution in [0.25, 0.3) is 39.2 Å². The van der Waals surface area contributed by atoms with Gasteiger partial charge in [-0.1, -0.05) is 41.4 Å². The van der Waals surface area contributed by atoms with E-state index < -0.39 is 0 Å². The molecule has 2 aromatic carbocycles. The van der Waals surface area contributed by atoms with Crippen LogP contribution in [0.4, 0.5) is 0 Å². The number of imidazole rings is 1. The van der Waals surface area contributed by atoms with Crippen LogP contribution >= 0.6 is 23.2 Å². The lowest BCUT2D eigenvalue weighted by molar-refractivity contribution is 0.576. The summed E-state index contributed by atoms with van der Waals surface area (Å²) in [4.78, 5) is 9.28. The minimum absolute atomic E-state index is 0.481. The molecule has 0 aliphatic rings. The van der Waals surface area contributed by atoms with Crippen molar-refractivity contribution in [1.82, 2.24) is 14.5 Å². The zero-order chi connectivity index (χ0) is 17.7. The first-order chi connectivity index (χ1) is 12.7. The highest BCUT2D eigenvalue weighted by Gasteiger charge is 2.19. The molecule has 4 nitrogen and oxygen atoms in total. The summed E-state index contributed by atoms with van der Waals surface area (Å²) < 4.78 is 7.64. The maximum absolute atomic E-state index is 6.28. The van der Waals surface area contributed by atoms with E-state index in [1.54, 1.807) is 18.5 Å². The Kier molecular flexibility index (Phi) is 3.48. The van der Waals surface area contributed by atoms with Gasteiger partial charge >= 0.3 is 0 Å². The van der Waals surface area contributed by atoms with Crippen molar-refractivity contribution in [1.29, 1.82) is 0 Å². The van der Waals surface area contributed by atoms with Crippen LogP contribution in [0.5, 0.6) is 0 Å². The van der Waals surface area contributed by atoms with Gasteiger partial charge in [-0.3, -0.25) is 9.55 Å². The fourth-order valence-electron chi connectivity index (χ4n) is 3.15. The smallest absolute Gasteiger partial charge is 0.181 e. The van der Waals surface area contributed by atoms with Gasteiger partial charge in [-0.2, -0.15) is 0 Å². The molecule has 0 radical (unpaired) electrons. The number of rotatable bonds is 2. The Balaban J connectivity index is 1.95. The van der Waals surface area contributed by atoms with Crippen LogP contribution in [0.1, 0.15) is 0 Å². The summed E-state index contributed by atoms with van der Waals surface area (Å²) in [6.07, 6.45) is 3.41. The van der Waals surface area contributed by atoms with Gasteiger partial charge in [-0.25, -0.2) is 4.98 Å². The van der Waals surface area contributed by atoms with Crippen LogP contribution in [-0.4, -0.2) is 14.5 Å². The number of para-hydroxylation sites is 1. The number of pyridine rings is 1. The highest BCUT2D eigenvalue weighted by molar-refractivity contribution is 6.42. The van der Waals surface area contributed by atoms with Crippen molar-refractivity contribution in [2.75, 3.05) is 0 Å². The molecule has 0 amide bonds. The van der Waals surface area contributed by atoms with E-state index in [1.165, 1.54) is 0 Å². The molecule has 0 fully saturated rings. The molecule has 0 unspecified atom stereocenters. The zero-order valence-corrected chi connectivity index (χ0v) is 14.9. The van der Waals surface area contributed by atoms with Crippen molar-refractivity contribution in [2.24, 2.45) is 0 Å². The van der Waals surface area contributed by atoms with E-state index in [1.807, 2.05) is 53.1 Å². The van der Waals surface area contributed by atoms with Crippen LogP contribution < -0.4 is 0 Å². The van der Waals surface area contributed by atoms with Crippen LogP contribution in [0, 0.1) is 0 Å². The molecule has 0 saturated heterocycles. The molecule has 6 heteroatoms. The second-order valence-electron chi connectivity index (χ2n) is 5.86. The quantitative estimate of drug-likeness (QED) is 0.369. The molecule has 5 aromatic rings. The third-order valence-corrected chi connectivity index (χ3v) is 5.03. The lowest BCUT2D eigenvalue weighted by Crippen LogP contribution is -1.98. The topological polar surface area (TPSA) is 43.9 Å². The van der Waals surface area contributed by atoms with Crippen LogP contribution in [-0.2, 0) is 0 Å². The van der Waals surface area contributed by atoms with Gasteiger partial charge in [0.2, 0.25) is 0 Å². The Bertz CT molecular complexity index is 1260. The Hall–Kier alpha value is -2.82. The maximum Gasteiger partial charge on any atom is 0.181 e. The lowest BCUT2D eigenvalue weighted by atomic mass is 10.2. The summed E-state index contributed by atoms with van der Waals surface area (Å²) in [6, 6.07) is 17.2. The number of hydrogen-bond donors (Lipinski definition) is 0. The molecule has 0 N–H and O–H groups in total. The molecular weight excluding hydrogens is 369 g/mol. The number of nitrogens with zero attached hydrogens (tertiary/aromatic N) is 3. The van der Waals surface area contributed by atoms with Crippen molar-refractivity contribution in [2.45, 2.75) is 0 Å². The van der Waals surface area contributed by atoms with Gasteiger partial charge in [0.1, 0.15) is 5.52 Å². The van der Waals surface area contributed by atoms with Crippen LogP contribution in [0.2, 0.25) is 10.0 Å². The van der Waals surface area contributed by atoms with E-state index >= 15 is 0 Å². The summed E-state index contributed by atoms with van der Waals surface area (Å²) in [5.74, 6) is 1.35. The van der Waals surface area contributed by atoms with E-state index in [0.717, 1.165) is 27.6 Å². The number of benzene rings is 2.